The van der Waals surface area contributed by atoms with E-state index in [1.165, 1.54) is 0 Å². The number of amides is 1. The molecule has 0 bridgehead atoms. The van der Waals surface area contributed by atoms with Crippen molar-refractivity contribution < 1.29 is 9.53 Å². The highest BCUT2D eigenvalue weighted by Crippen LogP contribution is 2.22. The van der Waals surface area contributed by atoms with Gasteiger partial charge in [-0.15, -0.1) is 0 Å². The standard InChI is InChI=1S/C11H22N2O2/c1-8(12)4-6-13(3)11(14)10-5-7-15-9(10)2/h8-10H,4-7,12H2,1-3H3. The van der Waals surface area contributed by atoms with Crippen molar-refractivity contribution in [1.29, 1.82) is 0 Å². The van der Waals surface area contributed by atoms with Gasteiger partial charge < -0.3 is 15.4 Å². The lowest BCUT2D eigenvalue weighted by molar-refractivity contribution is -0.135. The summed E-state index contributed by atoms with van der Waals surface area (Å²) in [5.74, 6) is 0.240. The monoisotopic (exact) mass is 214 g/mol. The summed E-state index contributed by atoms with van der Waals surface area (Å²) in [6.07, 6.45) is 1.77. The highest BCUT2D eigenvalue weighted by Gasteiger charge is 2.32. The number of carbonyl (C=O) groups is 1. The van der Waals surface area contributed by atoms with Gasteiger partial charge in [-0.1, -0.05) is 0 Å². The molecule has 2 N–H and O–H groups in total. The second-order valence-electron chi connectivity index (χ2n) is 4.50. The molecular weight excluding hydrogens is 192 g/mol. The van der Waals surface area contributed by atoms with Crippen molar-refractivity contribution in [2.45, 2.75) is 38.8 Å². The van der Waals surface area contributed by atoms with Crippen LogP contribution in [0, 0.1) is 5.92 Å². The quantitative estimate of drug-likeness (QED) is 0.746. The fourth-order valence-electron chi connectivity index (χ4n) is 1.85. The van der Waals surface area contributed by atoms with Gasteiger partial charge in [0.05, 0.1) is 12.0 Å². The molecule has 3 atom stereocenters. The first kappa shape index (κ1) is 12.5. The average Bonchev–Trinajstić information content (AvgIpc) is 2.59. The van der Waals surface area contributed by atoms with E-state index in [0.29, 0.717) is 6.61 Å². The molecule has 0 aromatic heterocycles. The van der Waals surface area contributed by atoms with E-state index < -0.39 is 0 Å². The van der Waals surface area contributed by atoms with Crippen LogP contribution in [0.5, 0.6) is 0 Å². The Bertz CT molecular complexity index is 219. The molecule has 1 aliphatic rings. The Balaban J connectivity index is 2.38. The van der Waals surface area contributed by atoms with Gasteiger partial charge in [0.25, 0.3) is 0 Å². The number of nitrogens with zero attached hydrogens (tertiary/aromatic N) is 1. The molecule has 0 spiro atoms. The Kier molecular flexibility index (Phi) is 4.54. The maximum absolute atomic E-state index is 12.0. The summed E-state index contributed by atoms with van der Waals surface area (Å²) in [5, 5.41) is 0. The first-order chi connectivity index (χ1) is 7.02. The summed E-state index contributed by atoms with van der Waals surface area (Å²) in [5.41, 5.74) is 5.66. The number of rotatable bonds is 4. The molecule has 0 radical (unpaired) electrons. The molecule has 88 valence electrons. The maximum Gasteiger partial charge on any atom is 0.228 e. The number of ether oxygens (including phenoxy) is 1. The summed E-state index contributed by atoms with van der Waals surface area (Å²) in [6, 6.07) is 0.150. The topological polar surface area (TPSA) is 55.6 Å². The minimum Gasteiger partial charge on any atom is -0.378 e. The van der Waals surface area contributed by atoms with Gasteiger partial charge in [-0.25, -0.2) is 0 Å². The molecule has 15 heavy (non-hydrogen) atoms. The van der Waals surface area contributed by atoms with Crippen molar-refractivity contribution in [3.8, 4) is 0 Å². The van der Waals surface area contributed by atoms with Gasteiger partial charge in [-0.05, 0) is 26.7 Å². The molecule has 3 unspecified atom stereocenters. The zero-order valence-electron chi connectivity index (χ0n) is 9.90. The van der Waals surface area contributed by atoms with E-state index in [9.17, 15) is 4.79 Å². The molecule has 1 saturated heterocycles. The van der Waals surface area contributed by atoms with Crippen LogP contribution < -0.4 is 5.73 Å². The lowest BCUT2D eigenvalue weighted by Crippen LogP contribution is -2.38. The maximum atomic E-state index is 12.0. The molecule has 1 aliphatic heterocycles. The number of hydrogen-bond acceptors (Lipinski definition) is 3. The lowest BCUT2D eigenvalue weighted by Gasteiger charge is -2.23. The zero-order chi connectivity index (χ0) is 11.4. The van der Waals surface area contributed by atoms with Crippen LogP contribution in [0.3, 0.4) is 0 Å². The summed E-state index contributed by atoms with van der Waals surface area (Å²) in [7, 11) is 1.84. The number of hydrogen-bond donors (Lipinski definition) is 1. The van der Waals surface area contributed by atoms with Gasteiger partial charge in [-0.3, -0.25) is 4.79 Å². The molecule has 1 rings (SSSR count). The van der Waals surface area contributed by atoms with Crippen LogP contribution in [-0.4, -0.2) is 43.2 Å². The highest BCUT2D eigenvalue weighted by molar-refractivity contribution is 5.79. The van der Waals surface area contributed by atoms with Crippen molar-refractivity contribution in [3.05, 3.63) is 0 Å². The molecule has 0 aromatic rings. The first-order valence-corrected chi connectivity index (χ1v) is 5.64. The third-order valence-electron chi connectivity index (χ3n) is 2.99. The molecule has 1 amide bonds. The molecule has 0 aromatic carbocycles. The summed E-state index contributed by atoms with van der Waals surface area (Å²) >= 11 is 0. The van der Waals surface area contributed by atoms with E-state index in [-0.39, 0.29) is 24.0 Å². The van der Waals surface area contributed by atoms with E-state index in [4.69, 9.17) is 10.5 Å². The van der Waals surface area contributed by atoms with Crippen LogP contribution in [0.25, 0.3) is 0 Å². The predicted molar refractivity (Wildman–Crippen MR) is 59.4 cm³/mol. The second kappa shape index (κ2) is 5.47. The Morgan fingerprint density at radius 1 is 1.67 bits per heavy atom. The smallest absolute Gasteiger partial charge is 0.228 e. The Labute approximate surface area is 91.8 Å². The SMILES string of the molecule is CC(N)CCN(C)C(=O)C1CCOC1C. The van der Waals surface area contributed by atoms with E-state index in [2.05, 4.69) is 0 Å². The predicted octanol–water partition coefficient (Wildman–Crippen LogP) is 0.607. The van der Waals surface area contributed by atoms with Crippen LogP contribution in [0.4, 0.5) is 0 Å². The van der Waals surface area contributed by atoms with E-state index in [1.807, 2.05) is 20.9 Å². The van der Waals surface area contributed by atoms with Crippen LogP contribution in [0.2, 0.25) is 0 Å². The van der Waals surface area contributed by atoms with Crippen molar-refractivity contribution in [3.63, 3.8) is 0 Å². The molecule has 4 heteroatoms. The van der Waals surface area contributed by atoms with Gasteiger partial charge in [0, 0.05) is 26.2 Å². The van der Waals surface area contributed by atoms with Gasteiger partial charge >= 0.3 is 0 Å². The molecule has 1 heterocycles. The zero-order valence-corrected chi connectivity index (χ0v) is 9.90. The lowest BCUT2D eigenvalue weighted by atomic mass is 10.0. The third-order valence-corrected chi connectivity index (χ3v) is 2.99. The minimum absolute atomic E-state index is 0.0445. The van der Waals surface area contributed by atoms with Crippen LogP contribution in [0.15, 0.2) is 0 Å². The average molecular weight is 214 g/mol. The normalized spacial score (nSPS) is 27.7. The Morgan fingerprint density at radius 3 is 2.80 bits per heavy atom. The fourth-order valence-corrected chi connectivity index (χ4v) is 1.85. The number of nitrogens with two attached hydrogens (primary N) is 1. The van der Waals surface area contributed by atoms with E-state index >= 15 is 0 Å². The summed E-state index contributed by atoms with van der Waals surface area (Å²) in [4.78, 5) is 13.8. The second-order valence-corrected chi connectivity index (χ2v) is 4.50. The number of carbonyl (C=O) groups excluding carboxylic acids is 1. The third kappa shape index (κ3) is 3.47. The van der Waals surface area contributed by atoms with Gasteiger partial charge in [0.2, 0.25) is 5.91 Å². The molecule has 1 fully saturated rings. The van der Waals surface area contributed by atoms with Crippen LogP contribution >= 0.6 is 0 Å². The molecular formula is C11H22N2O2. The highest BCUT2D eigenvalue weighted by atomic mass is 16.5. The first-order valence-electron chi connectivity index (χ1n) is 5.64. The van der Waals surface area contributed by atoms with Crippen molar-refractivity contribution in [1.82, 2.24) is 4.90 Å². The Hall–Kier alpha value is -0.610. The van der Waals surface area contributed by atoms with Crippen molar-refractivity contribution in [2.24, 2.45) is 11.7 Å². The van der Waals surface area contributed by atoms with Gasteiger partial charge in [-0.2, -0.15) is 0 Å². The van der Waals surface area contributed by atoms with Gasteiger partial charge in [0.1, 0.15) is 0 Å². The van der Waals surface area contributed by atoms with E-state index in [1.54, 1.807) is 4.90 Å². The largest absolute Gasteiger partial charge is 0.378 e. The summed E-state index contributed by atoms with van der Waals surface area (Å²) in [6.45, 7) is 5.37. The minimum atomic E-state index is 0.0445. The van der Waals surface area contributed by atoms with Crippen molar-refractivity contribution in [2.75, 3.05) is 20.2 Å². The molecule has 4 nitrogen and oxygen atoms in total. The van der Waals surface area contributed by atoms with E-state index in [0.717, 1.165) is 19.4 Å². The van der Waals surface area contributed by atoms with Crippen LogP contribution in [-0.2, 0) is 9.53 Å². The van der Waals surface area contributed by atoms with Crippen molar-refractivity contribution >= 4 is 5.91 Å². The molecule has 0 saturated carbocycles. The fraction of sp³-hybridized carbons (Fsp3) is 0.909. The Morgan fingerprint density at radius 2 is 2.33 bits per heavy atom. The summed E-state index contributed by atoms with van der Waals surface area (Å²) < 4.78 is 5.39. The molecule has 0 aliphatic carbocycles. The van der Waals surface area contributed by atoms with Crippen LogP contribution in [0.1, 0.15) is 26.7 Å². The van der Waals surface area contributed by atoms with Gasteiger partial charge in [0.15, 0.2) is 0 Å².